The highest BCUT2D eigenvalue weighted by Crippen LogP contribution is 2.33. The van der Waals surface area contributed by atoms with Gasteiger partial charge in [-0.2, -0.15) is 0 Å². The van der Waals surface area contributed by atoms with Gasteiger partial charge in [-0.25, -0.2) is 0 Å². The van der Waals surface area contributed by atoms with Crippen LogP contribution in [-0.2, 0) is 6.42 Å². The number of hydrogen-bond donors (Lipinski definition) is 2. The van der Waals surface area contributed by atoms with Gasteiger partial charge in [-0.1, -0.05) is 13.8 Å². The van der Waals surface area contributed by atoms with Crippen LogP contribution in [0.1, 0.15) is 53.6 Å². The van der Waals surface area contributed by atoms with Gasteiger partial charge in [-0.3, -0.25) is 14.4 Å². The Bertz CT molecular complexity index is 720. The van der Waals surface area contributed by atoms with Crippen molar-refractivity contribution in [3.63, 3.8) is 0 Å². The van der Waals surface area contributed by atoms with Crippen molar-refractivity contribution in [1.82, 2.24) is 15.2 Å². The van der Waals surface area contributed by atoms with E-state index in [1.54, 1.807) is 4.90 Å². The Kier molecular flexibility index (Phi) is 3.88. The van der Waals surface area contributed by atoms with Crippen molar-refractivity contribution in [2.75, 3.05) is 19.6 Å². The van der Waals surface area contributed by atoms with E-state index < -0.39 is 5.56 Å². The van der Waals surface area contributed by atoms with Gasteiger partial charge in [-0.15, -0.1) is 0 Å². The van der Waals surface area contributed by atoms with E-state index in [1.165, 1.54) is 6.07 Å². The standard InChI is InChI=1S/C17H23N3O3/c1-10-9-18-4-5-20(10)16(23)12-6-11-13(19-15(12)22)7-17(2,3)8-14(11)21/h6,10,18H,4-5,7-9H2,1-3H3,(H,19,22)/t10-/m1/s1. The quantitative estimate of drug-likeness (QED) is 0.808. The molecule has 1 fully saturated rings. The average molecular weight is 317 g/mol. The summed E-state index contributed by atoms with van der Waals surface area (Å²) in [5, 5.41) is 3.22. The molecular weight excluding hydrogens is 294 g/mol. The van der Waals surface area contributed by atoms with Crippen molar-refractivity contribution < 1.29 is 9.59 Å². The van der Waals surface area contributed by atoms with Crippen LogP contribution >= 0.6 is 0 Å². The fourth-order valence-corrected chi connectivity index (χ4v) is 3.48. The summed E-state index contributed by atoms with van der Waals surface area (Å²) < 4.78 is 0. The number of hydrogen-bond acceptors (Lipinski definition) is 4. The lowest BCUT2D eigenvalue weighted by Gasteiger charge is -2.34. The van der Waals surface area contributed by atoms with Gasteiger partial charge in [0.1, 0.15) is 5.56 Å². The van der Waals surface area contributed by atoms with E-state index in [-0.39, 0.29) is 28.7 Å². The molecule has 3 rings (SSSR count). The summed E-state index contributed by atoms with van der Waals surface area (Å²) >= 11 is 0. The lowest BCUT2D eigenvalue weighted by molar-refractivity contribution is 0.0654. The molecule has 1 aliphatic heterocycles. The number of ketones is 1. The Balaban J connectivity index is 1.99. The van der Waals surface area contributed by atoms with Crippen LogP contribution in [0.15, 0.2) is 10.9 Å². The summed E-state index contributed by atoms with van der Waals surface area (Å²) in [6.45, 7) is 7.96. The molecule has 2 heterocycles. The first-order valence-corrected chi connectivity index (χ1v) is 8.09. The van der Waals surface area contributed by atoms with E-state index in [0.717, 1.165) is 0 Å². The number of aromatic nitrogens is 1. The van der Waals surface area contributed by atoms with Crippen LogP contribution in [0.2, 0.25) is 0 Å². The van der Waals surface area contributed by atoms with E-state index in [1.807, 2.05) is 20.8 Å². The smallest absolute Gasteiger partial charge is 0.261 e. The fraction of sp³-hybridized carbons (Fsp3) is 0.588. The molecule has 0 saturated carbocycles. The maximum atomic E-state index is 12.7. The lowest BCUT2D eigenvalue weighted by Crippen LogP contribution is -2.53. The van der Waals surface area contributed by atoms with E-state index in [0.29, 0.717) is 43.7 Å². The number of nitrogens with one attached hydrogen (secondary N) is 2. The number of pyridine rings is 1. The van der Waals surface area contributed by atoms with E-state index in [4.69, 9.17) is 0 Å². The lowest BCUT2D eigenvalue weighted by atomic mass is 9.75. The molecule has 1 aromatic rings. The van der Waals surface area contributed by atoms with Gasteiger partial charge in [0.25, 0.3) is 11.5 Å². The largest absolute Gasteiger partial charge is 0.333 e. The molecular formula is C17H23N3O3. The van der Waals surface area contributed by atoms with Gasteiger partial charge in [0.05, 0.1) is 0 Å². The number of rotatable bonds is 1. The highest BCUT2D eigenvalue weighted by Gasteiger charge is 2.34. The summed E-state index contributed by atoms with van der Waals surface area (Å²) in [5.41, 5.74) is 0.665. The van der Waals surface area contributed by atoms with Crippen molar-refractivity contribution in [2.24, 2.45) is 5.41 Å². The van der Waals surface area contributed by atoms with E-state index >= 15 is 0 Å². The molecule has 2 aliphatic rings. The maximum absolute atomic E-state index is 12.7. The zero-order valence-electron chi connectivity index (χ0n) is 13.9. The summed E-state index contributed by atoms with van der Waals surface area (Å²) in [6, 6.07) is 1.53. The molecule has 0 unspecified atom stereocenters. The Labute approximate surface area is 135 Å². The topological polar surface area (TPSA) is 82.3 Å². The number of Topliss-reactive ketones (excluding diaryl/α,β-unsaturated/α-hetero) is 1. The third-order valence-electron chi connectivity index (χ3n) is 4.71. The molecule has 2 N–H and O–H groups in total. The van der Waals surface area contributed by atoms with Gasteiger partial charge in [0.2, 0.25) is 0 Å². The molecule has 124 valence electrons. The SMILES string of the molecule is C[C@@H]1CNCCN1C(=O)c1cc2c([nH]c1=O)CC(C)(C)CC2=O. The predicted molar refractivity (Wildman–Crippen MR) is 86.9 cm³/mol. The Morgan fingerprint density at radius 3 is 2.74 bits per heavy atom. The number of carbonyl (C=O) groups excluding carboxylic acids is 2. The Hall–Kier alpha value is -1.95. The van der Waals surface area contributed by atoms with Crippen LogP contribution in [-0.4, -0.2) is 47.3 Å². The van der Waals surface area contributed by atoms with Gasteiger partial charge < -0.3 is 15.2 Å². The highest BCUT2D eigenvalue weighted by molar-refractivity contribution is 6.02. The van der Waals surface area contributed by atoms with Crippen molar-refractivity contribution in [3.8, 4) is 0 Å². The molecule has 6 nitrogen and oxygen atoms in total. The summed E-state index contributed by atoms with van der Waals surface area (Å²) in [4.78, 5) is 41.9. The second-order valence-corrected chi connectivity index (χ2v) is 7.40. The first-order chi connectivity index (χ1) is 10.8. The maximum Gasteiger partial charge on any atom is 0.261 e. The third kappa shape index (κ3) is 2.95. The van der Waals surface area contributed by atoms with Crippen LogP contribution in [0.3, 0.4) is 0 Å². The van der Waals surface area contributed by atoms with Crippen molar-refractivity contribution in [2.45, 2.75) is 39.7 Å². The highest BCUT2D eigenvalue weighted by atomic mass is 16.2. The molecule has 23 heavy (non-hydrogen) atoms. The van der Waals surface area contributed by atoms with E-state index in [2.05, 4.69) is 10.3 Å². The summed E-state index contributed by atoms with van der Waals surface area (Å²) in [7, 11) is 0. The monoisotopic (exact) mass is 317 g/mol. The molecule has 1 aliphatic carbocycles. The fourth-order valence-electron chi connectivity index (χ4n) is 3.48. The zero-order chi connectivity index (χ0) is 16.8. The van der Waals surface area contributed by atoms with E-state index in [9.17, 15) is 14.4 Å². The Morgan fingerprint density at radius 2 is 2.04 bits per heavy atom. The zero-order valence-corrected chi connectivity index (χ0v) is 13.9. The van der Waals surface area contributed by atoms with Crippen LogP contribution < -0.4 is 10.9 Å². The van der Waals surface area contributed by atoms with Gasteiger partial charge in [-0.05, 0) is 24.8 Å². The molecule has 1 aromatic heterocycles. The second-order valence-electron chi connectivity index (χ2n) is 7.40. The predicted octanol–water partition coefficient (Wildman–Crippen LogP) is 0.964. The number of nitrogens with zero attached hydrogens (tertiary/aromatic N) is 1. The first-order valence-electron chi connectivity index (χ1n) is 8.09. The number of piperazine rings is 1. The number of carbonyl (C=O) groups is 2. The minimum atomic E-state index is -0.398. The van der Waals surface area contributed by atoms with Crippen LogP contribution in [0.4, 0.5) is 0 Å². The van der Waals surface area contributed by atoms with Gasteiger partial charge in [0.15, 0.2) is 5.78 Å². The number of amides is 1. The summed E-state index contributed by atoms with van der Waals surface area (Å²) in [6.07, 6.45) is 1.07. The van der Waals surface area contributed by atoms with Crippen molar-refractivity contribution in [3.05, 3.63) is 33.2 Å². The molecule has 1 atom stereocenters. The van der Waals surface area contributed by atoms with Crippen LogP contribution in [0.5, 0.6) is 0 Å². The van der Waals surface area contributed by atoms with Crippen LogP contribution in [0, 0.1) is 5.41 Å². The number of aromatic amines is 1. The third-order valence-corrected chi connectivity index (χ3v) is 4.71. The average Bonchev–Trinajstić information content (AvgIpc) is 2.45. The molecule has 6 heteroatoms. The van der Waals surface area contributed by atoms with Crippen molar-refractivity contribution >= 4 is 11.7 Å². The molecule has 0 radical (unpaired) electrons. The van der Waals surface area contributed by atoms with Gasteiger partial charge >= 0.3 is 0 Å². The number of H-pyrrole nitrogens is 1. The molecule has 0 aromatic carbocycles. The van der Waals surface area contributed by atoms with Crippen molar-refractivity contribution in [1.29, 1.82) is 0 Å². The van der Waals surface area contributed by atoms with Gasteiger partial charge in [0, 0.05) is 43.4 Å². The molecule has 1 saturated heterocycles. The summed E-state index contributed by atoms with van der Waals surface area (Å²) in [5.74, 6) is -0.296. The van der Waals surface area contributed by atoms with Crippen LogP contribution in [0.25, 0.3) is 0 Å². The minimum Gasteiger partial charge on any atom is -0.333 e. The molecule has 0 spiro atoms. The number of fused-ring (bicyclic) bond motifs is 1. The Morgan fingerprint density at radius 1 is 1.30 bits per heavy atom. The first kappa shape index (κ1) is 15.9. The molecule has 0 bridgehead atoms. The molecule has 1 amide bonds. The normalized spacial score (nSPS) is 23.5. The minimum absolute atomic E-state index is 0.00471. The second kappa shape index (κ2) is 5.60.